The number of carbonyl (C=O) groups excluding carboxylic acids is 1. The Labute approximate surface area is 281 Å². The Balaban J connectivity index is 2.12. The van der Waals surface area contributed by atoms with E-state index in [0.717, 1.165) is 0 Å². The molecule has 5 N–H and O–H groups in total. The maximum atomic E-state index is 14.0. The number of rotatable bonds is 5. The molecule has 0 amide bonds. The highest BCUT2D eigenvalue weighted by molar-refractivity contribution is 5.73. The number of aliphatic hydroxyl groups is 5. The maximum absolute atomic E-state index is 14.0. The van der Waals surface area contributed by atoms with Gasteiger partial charge in [-0.15, -0.1) is 0 Å². The molecule has 47 heavy (non-hydrogen) atoms. The fraction of sp³-hybridized carbons (Fsp3) is 0.914. The van der Waals surface area contributed by atoms with Crippen LogP contribution in [-0.4, -0.2) is 129 Å². The lowest BCUT2D eigenvalue weighted by atomic mass is 9.77. The number of hydrogen-bond donors (Lipinski definition) is 5. The molecule has 3 aliphatic rings. The number of esters is 1. The molecule has 0 bridgehead atoms. The van der Waals surface area contributed by atoms with Gasteiger partial charge in [0.15, 0.2) is 12.6 Å². The molecule has 2 saturated heterocycles. The van der Waals surface area contributed by atoms with E-state index in [-0.39, 0.29) is 30.8 Å². The van der Waals surface area contributed by atoms with Crippen LogP contribution in [0, 0.1) is 23.7 Å². The van der Waals surface area contributed by atoms with Gasteiger partial charge in [-0.25, -0.2) is 0 Å². The molecule has 0 aromatic heterocycles. The summed E-state index contributed by atoms with van der Waals surface area (Å²) < 4.78 is 31.1. The topological polar surface area (TPSA) is 168 Å². The summed E-state index contributed by atoms with van der Waals surface area (Å²) >= 11 is 0. The molecule has 0 aromatic rings. The standard InChI is InChI=1S/C35H63NO11/c1-12-26-35(10,42)30(39)23(7)36(11)17-18(2)16-34(9,41)31(47-33-25(37)14-13-20(4)43-33)21(5)29(22(6)32(40)45-26)46-27-15-19(3)28(38)24(8)44-27/h13-14,18-31,33,37-39,41-42H,12,15-17H2,1-11H3/t18-,19-,20?,21+,22-,23-,24?,25+,26-,27+,28-,29+,30-,31-,33+,34-,35-/m1/s1. The molecule has 12 heteroatoms. The van der Waals surface area contributed by atoms with E-state index in [1.54, 1.807) is 46.8 Å². The highest BCUT2D eigenvalue weighted by atomic mass is 16.7. The fourth-order valence-corrected chi connectivity index (χ4v) is 7.67. The first-order valence-corrected chi connectivity index (χ1v) is 17.4. The summed E-state index contributed by atoms with van der Waals surface area (Å²) in [6, 6.07) is -0.517. The van der Waals surface area contributed by atoms with E-state index in [1.807, 2.05) is 39.6 Å². The van der Waals surface area contributed by atoms with Gasteiger partial charge in [0.2, 0.25) is 0 Å². The summed E-state index contributed by atoms with van der Waals surface area (Å²) in [6.45, 7) is 18.2. The van der Waals surface area contributed by atoms with E-state index in [0.29, 0.717) is 13.0 Å². The van der Waals surface area contributed by atoms with Gasteiger partial charge in [-0.2, -0.15) is 0 Å². The Hall–Kier alpha value is -1.19. The Bertz CT molecular complexity index is 1030. The number of carbonyl (C=O) groups is 1. The van der Waals surface area contributed by atoms with Crippen LogP contribution in [0.2, 0.25) is 0 Å². The Morgan fingerprint density at radius 2 is 1.62 bits per heavy atom. The molecule has 0 spiro atoms. The lowest BCUT2D eigenvalue weighted by Crippen LogP contribution is -2.59. The molecule has 3 rings (SSSR count). The minimum atomic E-state index is -1.77. The normalized spacial score (nSPS) is 50.0. The predicted octanol–water partition coefficient (Wildman–Crippen LogP) is 2.37. The van der Waals surface area contributed by atoms with E-state index in [9.17, 15) is 30.3 Å². The molecular weight excluding hydrogens is 610 g/mol. The molecule has 2 unspecified atom stereocenters. The van der Waals surface area contributed by atoms with Crippen molar-refractivity contribution in [3.63, 3.8) is 0 Å². The molecular formula is C35H63NO11. The lowest BCUT2D eigenvalue weighted by Gasteiger charge is -2.46. The third-order valence-corrected chi connectivity index (χ3v) is 10.7. The van der Waals surface area contributed by atoms with Gasteiger partial charge in [-0.1, -0.05) is 39.8 Å². The molecule has 0 radical (unpaired) electrons. The van der Waals surface area contributed by atoms with Gasteiger partial charge < -0.3 is 54.1 Å². The average Bonchev–Trinajstić information content (AvgIpc) is 2.98. The number of ether oxygens (including phenoxy) is 5. The van der Waals surface area contributed by atoms with Crippen molar-refractivity contribution >= 4 is 5.97 Å². The molecule has 12 nitrogen and oxygen atoms in total. The van der Waals surface area contributed by atoms with Gasteiger partial charge in [-0.3, -0.25) is 4.79 Å². The summed E-state index contributed by atoms with van der Waals surface area (Å²) in [5.74, 6) is -2.56. The molecule has 17 atom stereocenters. The van der Waals surface area contributed by atoms with Crippen molar-refractivity contribution in [1.29, 1.82) is 0 Å². The summed E-state index contributed by atoms with van der Waals surface area (Å²) in [6.07, 6.45) is -4.52. The highest BCUT2D eigenvalue weighted by Gasteiger charge is 2.50. The molecule has 0 aromatic carbocycles. The first-order valence-electron chi connectivity index (χ1n) is 17.4. The molecule has 2 fully saturated rings. The minimum Gasteiger partial charge on any atom is -0.459 e. The predicted molar refractivity (Wildman–Crippen MR) is 175 cm³/mol. The van der Waals surface area contributed by atoms with E-state index in [1.165, 1.54) is 6.92 Å². The minimum absolute atomic E-state index is 0.115. The summed E-state index contributed by atoms with van der Waals surface area (Å²) in [5.41, 5.74) is -3.28. The maximum Gasteiger partial charge on any atom is 0.311 e. The van der Waals surface area contributed by atoms with E-state index >= 15 is 0 Å². The highest BCUT2D eigenvalue weighted by Crippen LogP contribution is 2.38. The second-order valence-electron chi connectivity index (χ2n) is 15.2. The van der Waals surface area contributed by atoms with Crippen molar-refractivity contribution in [3.05, 3.63) is 12.2 Å². The second-order valence-corrected chi connectivity index (χ2v) is 15.2. The zero-order valence-electron chi connectivity index (χ0n) is 30.3. The van der Waals surface area contributed by atoms with Crippen LogP contribution in [0.25, 0.3) is 0 Å². The largest absolute Gasteiger partial charge is 0.459 e. The third-order valence-electron chi connectivity index (χ3n) is 10.7. The summed E-state index contributed by atoms with van der Waals surface area (Å²) in [7, 11) is 1.84. The van der Waals surface area contributed by atoms with Crippen LogP contribution in [0.4, 0.5) is 0 Å². The van der Waals surface area contributed by atoms with Crippen LogP contribution < -0.4 is 0 Å². The third kappa shape index (κ3) is 9.53. The Kier molecular flexibility index (Phi) is 13.9. The Morgan fingerprint density at radius 3 is 2.21 bits per heavy atom. The van der Waals surface area contributed by atoms with Crippen LogP contribution in [0.1, 0.15) is 88.5 Å². The van der Waals surface area contributed by atoms with Gasteiger partial charge in [0.25, 0.3) is 0 Å². The van der Waals surface area contributed by atoms with Crippen molar-refractivity contribution in [3.8, 4) is 0 Å². The van der Waals surface area contributed by atoms with Crippen molar-refractivity contribution in [2.45, 2.75) is 167 Å². The van der Waals surface area contributed by atoms with Crippen molar-refractivity contribution in [1.82, 2.24) is 4.90 Å². The van der Waals surface area contributed by atoms with Crippen LogP contribution in [0.5, 0.6) is 0 Å². The first kappa shape index (κ1) is 40.2. The van der Waals surface area contributed by atoms with Gasteiger partial charge in [-0.05, 0) is 73.3 Å². The van der Waals surface area contributed by atoms with Crippen LogP contribution in [0.3, 0.4) is 0 Å². The molecule has 274 valence electrons. The van der Waals surface area contributed by atoms with Gasteiger partial charge >= 0.3 is 5.97 Å². The smallest absolute Gasteiger partial charge is 0.311 e. The summed E-state index contributed by atoms with van der Waals surface area (Å²) in [5, 5.41) is 56.6. The lowest BCUT2D eigenvalue weighted by molar-refractivity contribution is -0.291. The first-order chi connectivity index (χ1) is 21.7. The van der Waals surface area contributed by atoms with Crippen LogP contribution in [0.15, 0.2) is 12.2 Å². The van der Waals surface area contributed by atoms with E-state index in [2.05, 4.69) is 0 Å². The van der Waals surface area contributed by atoms with Gasteiger partial charge in [0.1, 0.15) is 23.9 Å². The number of cyclic esters (lactones) is 1. The molecule has 0 saturated carbocycles. The number of hydrogen-bond acceptors (Lipinski definition) is 12. The second kappa shape index (κ2) is 16.2. The quantitative estimate of drug-likeness (QED) is 0.214. The number of aliphatic hydroxyl groups excluding tert-OH is 3. The summed E-state index contributed by atoms with van der Waals surface area (Å²) in [4.78, 5) is 15.9. The SMILES string of the molecule is CC[C@H]1OC(=O)[C@H](C)[C@@H](O[C@H]2C[C@@H](C)[C@@H](O)C(C)O2)[C@H](C)[C@@H](O[C@@H]2OC(C)C=C[C@@H]2O)[C@](C)(O)C[C@@H](C)CN(C)[C@H](C)[C@@H](O)[C@]1(C)O. The monoisotopic (exact) mass is 673 g/mol. The fourth-order valence-electron chi connectivity index (χ4n) is 7.67. The van der Waals surface area contributed by atoms with E-state index < -0.39 is 90.4 Å². The van der Waals surface area contributed by atoms with Crippen molar-refractivity contribution in [2.75, 3.05) is 13.6 Å². The Morgan fingerprint density at radius 1 is 0.979 bits per heavy atom. The number of nitrogens with zero attached hydrogens (tertiary/aromatic N) is 1. The van der Waals surface area contributed by atoms with Crippen LogP contribution in [-0.2, 0) is 28.5 Å². The zero-order valence-corrected chi connectivity index (χ0v) is 30.3. The van der Waals surface area contributed by atoms with Crippen molar-refractivity contribution in [2.24, 2.45) is 23.7 Å². The van der Waals surface area contributed by atoms with Gasteiger partial charge in [0.05, 0.1) is 42.0 Å². The van der Waals surface area contributed by atoms with E-state index in [4.69, 9.17) is 23.7 Å². The van der Waals surface area contributed by atoms with Crippen LogP contribution >= 0.6 is 0 Å². The molecule has 0 aliphatic carbocycles. The molecule has 3 aliphatic heterocycles. The zero-order chi connectivity index (χ0) is 35.6. The average molecular weight is 674 g/mol. The van der Waals surface area contributed by atoms with Gasteiger partial charge in [0, 0.05) is 24.9 Å². The molecule has 3 heterocycles. The number of likely N-dealkylation sites (N-methyl/N-ethyl adjacent to an activating group) is 1. The van der Waals surface area contributed by atoms with Crippen molar-refractivity contribution < 1.29 is 54.0 Å².